The maximum atomic E-state index is 5.77. The van der Waals surface area contributed by atoms with Gasteiger partial charge in [0.05, 0.1) is 12.3 Å². The standard InChI is InChI=1S/C15H15BrN2O/c16-13-8-12(9-17-10-13)11-18-6-3-7-19-15-5-2-1-4-14(15)18/h1-2,4-5,8-10H,3,6-7,11H2. The van der Waals surface area contributed by atoms with Gasteiger partial charge in [-0.15, -0.1) is 0 Å². The Morgan fingerprint density at radius 2 is 2.16 bits per heavy atom. The molecule has 0 saturated carbocycles. The molecule has 0 radical (unpaired) electrons. The third-order valence-corrected chi connectivity index (χ3v) is 3.60. The minimum Gasteiger partial charge on any atom is -0.491 e. The molecule has 0 amide bonds. The summed E-state index contributed by atoms with van der Waals surface area (Å²) in [5, 5.41) is 0. The summed E-state index contributed by atoms with van der Waals surface area (Å²) >= 11 is 3.47. The summed E-state index contributed by atoms with van der Waals surface area (Å²) in [5.41, 5.74) is 2.37. The van der Waals surface area contributed by atoms with Crippen molar-refractivity contribution in [3.8, 4) is 5.75 Å². The first kappa shape index (κ1) is 12.5. The molecule has 1 aromatic carbocycles. The molecule has 3 nitrogen and oxygen atoms in total. The van der Waals surface area contributed by atoms with Crippen LogP contribution in [0.2, 0.25) is 0 Å². The molecule has 1 aliphatic heterocycles. The SMILES string of the molecule is Brc1cncc(CN2CCCOc3ccccc32)c1. The molecule has 0 atom stereocenters. The van der Waals surface area contributed by atoms with Crippen molar-refractivity contribution in [2.75, 3.05) is 18.1 Å². The van der Waals surface area contributed by atoms with Crippen LogP contribution < -0.4 is 9.64 Å². The van der Waals surface area contributed by atoms with Gasteiger partial charge in [-0.1, -0.05) is 12.1 Å². The summed E-state index contributed by atoms with van der Waals surface area (Å²) in [6, 6.07) is 10.3. The predicted molar refractivity (Wildman–Crippen MR) is 79.5 cm³/mol. The van der Waals surface area contributed by atoms with Crippen LogP contribution in [0.1, 0.15) is 12.0 Å². The third kappa shape index (κ3) is 2.89. The molecule has 19 heavy (non-hydrogen) atoms. The normalized spacial score (nSPS) is 14.5. The summed E-state index contributed by atoms with van der Waals surface area (Å²) in [7, 11) is 0. The molecule has 2 aromatic rings. The Labute approximate surface area is 121 Å². The zero-order valence-electron chi connectivity index (χ0n) is 10.6. The highest BCUT2D eigenvalue weighted by Gasteiger charge is 2.16. The number of hydrogen-bond acceptors (Lipinski definition) is 3. The van der Waals surface area contributed by atoms with Crippen molar-refractivity contribution in [1.82, 2.24) is 4.98 Å². The van der Waals surface area contributed by atoms with E-state index in [4.69, 9.17) is 4.74 Å². The van der Waals surface area contributed by atoms with Gasteiger partial charge < -0.3 is 9.64 Å². The molecule has 0 saturated heterocycles. The van der Waals surface area contributed by atoms with Gasteiger partial charge in [0.2, 0.25) is 0 Å². The second-order valence-electron chi connectivity index (χ2n) is 4.60. The minimum atomic E-state index is 0.782. The fourth-order valence-corrected chi connectivity index (χ4v) is 2.74. The predicted octanol–water partition coefficient (Wildman–Crippen LogP) is 3.63. The van der Waals surface area contributed by atoms with E-state index >= 15 is 0 Å². The second-order valence-corrected chi connectivity index (χ2v) is 5.52. The van der Waals surface area contributed by atoms with Crippen molar-refractivity contribution in [3.63, 3.8) is 0 Å². The molecule has 2 heterocycles. The van der Waals surface area contributed by atoms with Crippen LogP contribution in [0.4, 0.5) is 5.69 Å². The van der Waals surface area contributed by atoms with Gasteiger partial charge in [-0.25, -0.2) is 0 Å². The lowest BCUT2D eigenvalue weighted by atomic mass is 10.2. The van der Waals surface area contributed by atoms with Crippen molar-refractivity contribution in [1.29, 1.82) is 0 Å². The fourth-order valence-electron chi connectivity index (χ4n) is 2.33. The van der Waals surface area contributed by atoms with Crippen molar-refractivity contribution in [2.45, 2.75) is 13.0 Å². The highest BCUT2D eigenvalue weighted by atomic mass is 79.9. The third-order valence-electron chi connectivity index (χ3n) is 3.17. The number of anilines is 1. The zero-order chi connectivity index (χ0) is 13.1. The van der Waals surface area contributed by atoms with Gasteiger partial charge in [0, 0.05) is 30.0 Å². The maximum Gasteiger partial charge on any atom is 0.142 e. The Balaban J connectivity index is 1.88. The summed E-state index contributed by atoms with van der Waals surface area (Å²) in [6.45, 7) is 2.64. The van der Waals surface area contributed by atoms with Crippen LogP contribution in [-0.2, 0) is 6.54 Å². The molecule has 0 unspecified atom stereocenters. The van der Waals surface area contributed by atoms with Crippen LogP contribution in [0.25, 0.3) is 0 Å². The van der Waals surface area contributed by atoms with Crippen molar-refractivity contribution >= 4 is 21.6 Å². The maximum absolute atomic E-state index is 5.77. The Hall–Kier alpha value is -1.55. The van der Waals surface area contributed by atoms with E-state index < -0.39 is 0 Å². The molecule has 3 rings (SSSR count). The Bertz CT molecular complexity index is 574. The molecule has 1 aliphatic rings. The second kappa shape index (κ2) is 5.61. The van der Waals surface area contributed by atoms with Crippen molar-refractivity contribution in [2.24, 2.45) is 0 Å². The number of nitrogens with zero attached hydrogens (tertiary/aromatic N) is 2. The number of para-hydroxylation sites is 2. The van der Waals surface area contributed by atoms with Gasteiger partial charge >= 0.3 is 0 Å². The van der Waals surface area contributed by atoms with Crippen LogP contribution in [0.15, 0.2) is 47.2 Å². The van der Waals surface area contributed by atoms with E-state index in [-0.39, 0.29) is 0 Å². The average Bonchev–Trinajstić information content (AvgIpc) is 2.62. The first-order valence-corrected chi connectivity index (χ1v) is 7.18. The summed E-state index contributed by atoms with van der Waals surface area (Å²) in [5.74, 6) is 0.975. The fraction of sp³-hybridized carbons (Fsp3) is 0.267. The molecular formula is C15H15BrN2O. The molecule has 0 fully saturated rings. The van der Waals surface area contributed by atoms with E-state index in [0.717, 1.165) is 36.3 Å². The highest BCUT2D eigenvalue weighted by Crippen LogP contribution is 2.31. The van der Waals surface area contributed by atoms with Gasteiger partial charge in [-0.3, -0.25) is 4.98 Å². The largest absolute Gasteiger partial charge is 0.491 e. The number of hydrogen-bond donors (Lipinski definition) is 0. The molecule has 1 aromatic heterocycles. The van der Waals surface area contributed by atoms with Gasteiger partial charge in [-0.05, 0) is 46.1 Å². The smallest absolute Gasteiger partial charge is 0.142 e. The van der Waals surface area contributed by atoms with Gasteiger partial charge in [0.1, 0.15) is 5.75 Å². The number of halogens is 1. The van der Waals surface area contributed by atoms with Crippen molar-refractivity contribution < 1.29 is 4.74 Å². The van der Waals surface area contributed by atoms with Gasteiger partial charge in [0.15, 0.2) is 0 Å². The van der Waals surface area contributed by atoms with Gasteiger partial charge in [0.25, 0.3) is 0 Å². The lowest BCUT2D eigenvalue weighted by molar-refractivity contribution is 0.322. The number of aromatic nitrogens is 1. The quantitative estimate of drug-likeness (QED) is 0.845. The van der Waals surface area contributed by atoms with Crippen LogP contribution in [0.3, 0.4) is 0 Å². The summed E-state index contributed by atoms with van der Waals surface area (Å²) in [4.78, 5) is 6.58. The molecule has 0 aliphatic carbocycles. The molecular weight excluding hydrogens is 304 g/mol. The van der Waals surface area contributed by atoms with Gasteiger partial charge in [-0.2, -0.15) is 0 Å². The average molecular weight is 319 g/mol. The number of fused-ring (bicyclic) bond motifs is 1. The van der Waals surface area contributed by atoms with Crippen LogP contribution >= 0.6 is 15.9 Å². The molecule has 0 bridgehead atoms. The van der Waals surface area contributed by atoms with Crippen LogP contribution in [0.5, 0.6) is 5.75 Å². The van der Waals surface area contributed by atoms with E-state index in [2.05, 4.69) is 44.0 Å². The Morgan fingerprint density at radius 1 is 1.26 bits per heavy atom. The van der Waals surface area contributed by atoms with Crippen LogP contribution in [0, 0.1) is 0 Å². The van der Waals surface area contributed by atoms with Crippen LogP contribution in [-0.4, -0.2) is 18.1 Å². The topological polar surface area (TPSA) is 25.4 Å². The van der Waals surface area contributed by atoms with Crippen molar-refractivity contribution in [3.05, 3.63) is 52.8 Å². The number of rotatable bonds is 2. The lowest BCUT2D eigenvalue weighted by Crippen LogP contribution is -2.23. The monoisotopic (exact) mass is 318 g/mol. The lowest BCUT2D eigenvalue weighted by Gasteiger charge is -2.23. The zero-order valence-corrected chi connectivity index (χ0v) is 12.1. The van der Waals surface area contributed by atoms with E-state index in [0.29, 0.717) is 0 Å². The van der Waals surface area contributed by atoms with E-state index in [9.17, 15) is 0 Å². The minimum absolute atomic E-state index is 0.782. The highest BCUT2D eigenvalue weighted by molar-refractivity contribution is 9.10. The molecule has 4 heteroatoms. The summed E-state index contributed by atoms with van der Waals surface area (Å²) in [6.07, 6.45) is 4.76. The number of benzene rings is 1. The van der Waals surface area contributed by atoms with E-state index in [1.165, 1.54) is 11.3 Å². The number of pyridine rings is 1. The van der Waals surface area contributed by atoms with E-state index in [1.807, 2.05) is 24.5 Å². The first-order valence-electron chi connectivity index (χ1n) is 6.39. The molecule has 98 valence electrons. The Morgan fingerprint density at radius 3 is 3.05 bits per heavy atom. The Kier molecular flexibility index (Phi) is 3.69. The molecule has 0 N–H and O–H groups in total. The first-order chi connectivity index (χ1) is 9.33. The number of ether oxygens (including phenoxy) is 1. The molecule has 0 spiro atoms. The van der Waals surface area contributed by atoms with E-state index in [1.54, 1.807) is 0 Å². The summed E-state index contributed by atoms with van der Waals surface area (Å²) < 4.78 is 6.79.